The quantitative estimate of drug-likeness (QED) is 0.827. The Morgan fingerprint density at radius 2 is 2.33 bits per heavy atom. The minimum atomic E-state index is 0.415. The van der Waals surface area contributed by atoms with Crippen molar-refractivity contribution in [2.45, 2.75) is 38.6 Å². The zero-order valence-electron chi connectivity index (χ0n) is 9.20. The van der Waals surface area contributed by atoms with E-state index < -0.39 is 0 Å². The molecule has 1 unspecified atom stereocenters. The van der Waals surface area contributed by atoms with Gasteiger partial charge in [0.15, 0.2) is 5.13 Å². The first-order valence-corrected chi connectivity index (χ1v) is 6.56. The van der Waals surface area contributed by atoms with Crippen molar-refractivity contribution in [3.63, 3.8) is 0 Å². The summed E-state index contributed by atoms with van der Waals surface area (Å²) < 4.78 is 0. The van der Waals surface area contributed by atoms with Crippen molar-refractivity contribution in [1.82, 2.24) is 4.98 Å². The Morgan fingerprint density at radius 3 is 2.87 bits per heavy atom. The Morgan fingerprint density at radius 1 is 1.60 bits per heavy atom. The SMILES string of the molecule is Cc1csc(NC(CN)C2CCCC2)n1. The highest BCUT2D eigenvalue weighted by atomic mass is 32.1. The number of anilines is 1. The average molecular weight is 225 g/mol. The Hall–Kier alpha value is -0.610. The lowest BCUT2D eigenvalue weighted by molar-refractivity contribution is 0.462. The molecule has 0 saturated heterocycles. The van der Waals surface area contributed by atoms with Gasteiger partial charge in [-0.05, 0) is 25.7 Å². The molecule has 0 amide bonds. The second-order valence-corrected chi connectivity index (χ2v) is 5.18. The number of nitrogens with one attached hydrogen (secondary N) is 1. The van der Waals surface area contributed by atoms with Gasteiger partial charge in [-0.2, -0.15) is 0 Å². The van der Waals surface area contributed by atoms with Crippen LogP contribution in [0.3, 0.4) is 0 Å². The third-order valence-electron chi connectivity index (χ3n) is 3.15. The van der Waals surface area contributed by atoms with Gasteiger partial charge in [0.1, 0.15) is 0 Å². The summed E-state index contributed by atoms with van der Waals surface area (Å²) in [7, 11) is 0. The molecular weight excluding hydrogens is 206 g/mol. The van der Waals surface area contributed by atoms with E-state index in [1.54, 1.807) is 11.3 Å². The molecule has 0 bridgehead atoms. The summed E-state index contributed by atoms with van der Waals surface area (Å²) in [6.07, 6.45) is 5.36. The normalized spacial score (nSPS) is 19.3. The lowest BCUT2D eigenvalue weighted by Crippen LogP contribution is -2.35. The van der Waals surface area contributed by atoms with Crippen molar-refractivity contribution in [2.24, 2.45) is 11.7 Å². The molecule has 1 aliphatic carbocycles. The van der Waals surface area contributed by atoms with Crippen molar-refractivity contribution in [3.8, 4) is 0 Å². The molecule has 15 heavy (non-hydrogen) atoms. The number of aryl methyl sites for hydroxylation is 1. The second kappa shape index (κ2) is 4.94. The molecule has 2 rings (SSSR count). The smallest absolute Gasteiger partial charge is 0.183 e. The number of hydrogen-bond donors (Lipinski definition) is 2. The summed E-state index contributed by atoms with van der Waals surface area (Å²) in [6, 6.07) is 0.415. The number of thiazole rings is 1. The summed E-state index contributed by atoms with van der Waals surface area (Å²) in [5.41, 5.74) is 6.91. The molecule has 3 N–H and O–H groups in total. The van der Waals surface area contributed by atoms with Crippen molar-refractivity contribution in [1.29, 1.82) is 0 Å². The molecule has 1 aromatic rings. The molecular formula is C11H19N3S. The predicted molar refractivity (Wildman–Crippen MR) is 65.3 cm³/mol. The fourth-order valence-corrected chi connectivity index (χ4v) is 3.06. The van der Waals surface area contributed by atoms with Gasteiger partial charge >= 0.3 is 0 Å². The standard InChI is InChI=1S/C11H19N3S/c1-8-7-15-11(13-8)14-10(6-12)9-4-2-3-5-9/h7,9-10H,2-6,12H2,1H3,(H,13,14). The first-order valence-electron chi connectivity index (χ1n) is 5.68. The van der Waals surface area contributed by atoms with Gasteiger partial charge in [-0.1, -0.05) is 12.8 Å². The van der Waals surface area contributed by atoms with E-state index >= 15 is 0 Å². The molecule has 1 aromatic heterocycles. The molecule has 1 saturated carbocycles. The summed E-state index contributed by atoms with van der Waals surface area (Å²) in [5.74, 6) is 0.749. The Labute approximate surface area is 95.1 Å². The van der Waals surface area contributed by atoms with E-state index in [0.29, 0.717) is 12.6 Å². The molecule has 1 fully saturated rings. The van der Waals surface area contributed by atoms with Crippen LogP contribution in [-0.2, 0) is 0 Å². The van der Waals surface area contributed by atoms with Crippen molar-refractivity contribution in [2.75, 3.05) is 11.9 Å². The van der Waals surface area contributed by atoms with Gasteiger partial charge in [0, 0.05) is 18.0 Å². The van der Waals surface area contributed by atoms with Gasteiger partial charge < -0.3 is 11.1 Å². The number of rotatable bonds is 4. The second-order valence-electron chi connectivity index (χ2n) is 4.33. The van der Waals surface area contributed by atoms with E-state index in [1.165, 1.54) is 25.7 Å². The van der Waals surface area contributed by atoms with E-state index in [1.807, 2.05) is 6.92 Å². The van der Waals surface area contributed by atoms with Crippen LogP contribution >= 0.6 is 11.3 Å². The van der Waals surface area contributed by atoms with Crippen molar-refractivity contribution in [3.05, 3.63) is 11.1 Å². The molecule has 0 aliphatic heterocycles. The van der Waals surface area contributed by atoms with Crippen LogP contribution in [0.1, 0.15) is 31.4 Å². The summed E-state index contributed by atoms with van der Waals surface area (Å²) in [6.45, 7) is 2.73. The highest BCUT2D eigenvalue weighted by Crippen LogP contribution is 2.29. The lowest BCUT2D eigenvalue weighted by Gasteiger charge is -2.22. The summed E-state index contributed by atoms with van der Waals surface area (Å²) in [4.78, 5) is 4.42. The Kier molecular flexibility index (Phi) is 3.59. The van der Waals surface area contributed by atoms with Gasteiger partial charge in [0.05, 0.1) is 5.69 Å². The number of nitrogens with zero attached hydrogens (tertiary/aromatic N) is 1. The minimum absolute atomic E-state index is 0.415. The van der Waals surface area contributed by atoms with Crippen LogP contribution in [0.15, 0.2) is 5.38 Å². The number of aromatic nitrogens is 1. The molecule has 1 aliphatic rings. The maximum absolute atomic E-state index is 5.82. The van der Waals surface area contributed by atoms with Crippen LogP contribution < -0.4 is 11.1 Å². The van der Waals surface area contributed by atoms with Crippen LogP contribution in [0.25, 0.3) is 0 Å². The third-order valence-corrected chi connectivity index (χ3v) is 4.04. The summed E-state index contributed by atoms with van der Waals surface area (Å²) in [5, 5.41) is 6.57. The van der Waals surface area contributed by atoms with E-state index in [4.69, 9.17) is 5.73 Å². The zero-order chi connectivity index (χ0) is 10.7. The molecule has 84 valence electrons. The highest BCUT2D eigenvalue weighted by molar-refractivity contribution is 7.13. The first-order chi connectivity index (χ1) is 7.29. The van der Waals surface area contributed by atoms with E-state index in [-0.39, 0.29) is 0 Å². The monoisotopic (exact) mass is 225 g/mol. The van der Waals surface area contributed by atoms with Gasteiger partial charge in [-0.3, -0.25) is 0 Å². The molecule has 0 spiro atoms. The molecule has 0 aromatic carbocycles. The Balaban J connectivity index is 1.95. The fourth-order valence-electron chi connectivity index (χ4n) is 2.31. The van der Waals surface area contributed by atoms with Gasteiger partial charge in [0.2, 0.25) is 0 Å². The largest absolute Gasteiger partial charge is 0.357 e. The van der Waals surface area contributed by atoms with Crippen molar-refractivity contribution >= 4 is 16.5 Å². The zero-order valence-corrected chi connectivity index (χ0v) is 10.0. The minimum Gasteiger partial charge on any atom is -0.357 e. The van der Waals surface area contributed by atoms with E-state index in [2.05, 4.69) is 15.7 Å². The molecule has 1 atom stereocenters. The number of hydrogen-bond acceptors (Lipinski definition) is 4. The van der Waals surface area contributed by atoms with Gasteiger partial charge in [-0.25, -0.2) is 4.98 Å². The number of nitrogens with two attached hydrogens (primary N) is 1. The molecule has 4 heteroatoms. The topological polar surface area (TPSA) is 50.9 Å². The lowest BCUT2D eigenvalue weighted by atomic mass is 9.98. The fraction of sp³-hybridized carbons (Fsp3) is 0.727. The average Bonchev–Trinajstić information content (AvgIpc) is 2.85. The third kappa shape index (κ3) is 2.69. The van der Waals surface area contributed by atoms with Crippen molar-refractivity contribution < 1.29 is 0 Å². The predicted octanol–water partition coefficient (Wildman–Crippen LogP) is 2.38. The summed E-state index contributed by atoms with van der Waals surface area (Å²) >= 11 is 1.67. The Bertz CT molecular complexity index is 305. The maximum atomic E-state index is 5.82. The van der Waals surface area contributed by atoms with Crippen LogP contribution in [0.4, 0.5) is 5.13 Å². The molecule has 0 radical (unpaired) electrons. The molecule has 3 nitrogen and oxygen atoms in total. The van der Waals surface area contributed by atoms with Gasteiger partial charge in [0.25, 0.3) is 0 Å². The van der Waals surface area contributed by atoms with E-state index in [9.17, 15) is 0 Å². The van der Waals surface area contributed by atoms with Crippen LogP contribution in [-0.4, -0.2) is 17.6 Å². The molecule has 1 heterocycles. The van der Waals surface area contributed by atoms with Gasteiger partial charge in [-0.15, -0.1) is 11.3 Å². The maximum Gasteiger partial charge on any atom is 0.183 e. The van der Waals surface area contributed by atoms with E-state index in [0.717, 1.165) is 16.7 Å². The van der Waals surface area contributed by atoms with Crippen LogP contribution in [0.2, 0.25) is 0 Å². The van der Waals surface area contributed by atoms with Crippen LogP contribution in [0, 0.1) is 12.8 Å². The highest BCUT2D eigenvalue weighted by Gasteiger charge is 2.24. The first kappa shape index (κ1) is 10.9. The van der Waals surface area contributed by atoms with Crippen LogP contribution in [0.5, 0.6) is 0 Å².